The maximum atomic E-state index is 11.9. The number of rotatable bonds is 6. The number of amides is 2. The normalized spacial score (nSPS) is 13.9. The Labute approximate surface area is 160 Å². The van der Waals surface area contributed by atoms with Crippen LogP contribution in [0.5, 0.6) is 0 Å². The summed E-state index contributed by atoms with van der Waals surface area (Å²) in [5.74, 6) is -1.19. The third kappa shape index (κ3) is 5.84. The second-order valence-corrected chi connectivity index (χ2v) is 6.89. The Morgan fingerprint density at radius 2 is 1.44 bits per heavy atom. The van der Waals surface area contributed by atoms with Gasteiger partial charge in [0.15, 0.2) is 0 Å². The summed E-state index contributed by atoms with van der Waals surface area (Å²) in [7, 11) is 0. The number of hydrogen-bond donors (Lipinski definition) is 2. The van der Waals surface area contributed by atoms with Gasteiger partial charge in [0.1, 0.15) is 0 Å². The molecule has 0 atom stereocenters. The number of hydrogen-bond acceptors (Lipinski definition) is 3. The van der Waals surface area contributed by atoms with Crippen molar-refractivity contribution in [1.82, 2.24) is 10.6 Å². The van der Waals surface area contributed by atoms with Crippen molar-refractivity contribution < 1.29 is 9.59 Å². The molecule has 142 valence electrons. The predicted molar refractivity (Wildman–Crippen MR) is 108 cm³/mol. The fraction of sp³-hybridized carbons (Fsp3) is 0.364. The van der Waals surface area contributed by atoms with Gasteiger partial charge >= 0.3 is 11.8 Å². The zero-order valence-corrected chi connectivity index (χ0v) is 15.6. The minimum absolute atomic E-state index is 0.352. The molecule has 1 aliphatic rings. The minimum Gasteiger partial charge on any atom is -0.372 e. The van der Waals surface area contributed by atoms with E-state index in [9.17, 15) is 9.59 Å². The first-order chi connectivity index (χ1) is 13.2. The van der Waals surface area contributed by atoms with Gasteiger partial charge < -0.3 is 15.5 Å². The molecule has 2 N–H and O–H groups in total. The van der Waals surface area contributed by atoms with Crippen LogP contribution in [-0.4, -0.2) is 31.4 Å². The summed E-state index contributed by atoms with van der Waals surface area (Å²) in [6, 6.07) is 18.0. The van der Waals surface area contributed by atoms with Crippen LogP contribution in [0, 0.1) is 0 Å². The van der Waals surface area contributed by atoms with Gasteiger partial charge in [-0.15, -0.1) is 0 Å². The topological polar surface area (TPSA) is 61.4 Å². The average Bonchev–Trinajstić information content (AvgIpc) is 2.74. The van der Waals surface area contributed by atoms with Crippen molar-refractivity contribution >= 4 is 17.5 Å². The zero-order chi connectivity index (χ0) is 18.9. The summed E-state index contributed by atoms with van der Waals surface area (Å²) < 4.78 is 0. The highest BCUT2D eigenvalue weighted by atomic mass is 16.2. The first kappa shape index (κ1) is 19.0. The first-order valence-corrected chi connectivity index (χ1v) is 9.66. The molecule has 1 heterocycles. The molecule has 5 nitrogen and oxygen atoms in total. The van der Waals surface area contributed by atoms with Crippen LogP contribution in [0.15, 0.2) is 54.6 Å². The fourth-order valence-electron chi connectivity index (χ4n) is 3.28. The Morgan fingerprint density at radius 3 is 2.15 bits per heavy atom. The van der Waals surface area contributed by atoms with Crippen LogP contribution in [0.3, 0.4) is 0 Å². The van der Waals surface area contributed by atoms with Gasteiger partial charge in [0, 0.05) is 31.9 Å². The summed E-state index contributed by atoms with van der Waals surface area (Å²) >= 11 is 0. The van der Waals surface area contributed by atoms with Crippen LogP contribution in [0.1, 0.15) is 30.4 Å². The lowest BCUT2D eigenvalue weighted by Crippen LogP contribution is -2.40. The predicted octanol–water partition coefficient (Wildman–Crippen LogP) is 2.65. The molecule has 3 rings (SSSR count). The van der Waals surface area contributed by atoms with E-state index in [2.05, 4.69) is 39.8 Å². The van der Waals surface area contributed by atoms with Gasteiger partial charge in [-0.1, -0.05) is 42.5 Å². The molecule has 0 spiro atoms. The number of carbonyl (C=O) groups is 2. The molecule has 27 heavy (non-hydrogen) atoms. The number of anilines is 1. The van der Waals surface area contributed by atoms with Crippen LogP contribution in [0.4, 0.5) is 5.69 Å². The Kier molecular flexibility index (Phi) is 6.85. The quantitative estimate of drug-likeness (QED) is 0.774. The van der Waals surface area contributed by atoms with Crippen LogP contribution >= 0.6 is 0 Å². The third-order valence-corrected chi connectivity index (χ3v) is 4.86. The molecule has 0 bridgehead atoms. The molecule has 0 aliphatic carbocycles. The molecule has 1 saturated heterocycles. The molecule has 1 aliphatic heterocycles. The highest BCUT2D eigenvalue weighted by Gasteiger charge is 2.13. The SMILES string of the molecule is O=C(NCCc1ccc(N2CCCCC2)cc1)C(=O)NCc1ccccc1. The summed E-state index contributed by atoms with van der Waals surface area (Å²) in [5.41, 5.74) is 3.39. The summed E-state index contributed by atoms with van der Waals surface area (Å²) in [6.07, 6.45) is 4.56. The van der Waals surface area contributed by atoms with Crippen LogP contribution in [-0.2, 0) is 22.6 Å². The van der Waals surface area contributed by atoms with E-state index in [4.69, 9.17) is 0 Å². The Hall–Kier alpha value is -2.82. The standard InChI is InChI=1S/C22H27N3O2/c26-21(22(27)24-17-19-7-3-1-4-8-19)23-14-13-18-9-11-20(12-10-18)25-15-5-2-6-16-25/h1,3-4,7-12H,2,5-6,13-17H2,(H,23,26)(H,24,27). The average molecular weight is 365 g/mol. The number of nitrogens with zero attached hydrogens (tertiary/aromatic N) is 1. The summed E-state index contributed by atoms with van der Waals surface area (Å²) in [4.78, 5) is 26.2. The molecule has 2 aromatic carbocycles. The zero-order valence-electron chi connectivity index (χ0n) is 15.6. The van der Waals surface area contributed by atoms with Gasteiger partial charge in [-0.3, -0.25) is 9.59 Å². The molecule has 1 fully saturated rings. The van der Waals surface area contributed by atoms with Crippen LogP contribution in [0.2, 0.25) is 0 Å². The monoisotopic (exact) mass is 365 g/mol. The van der Waals surface area contributed by atoms with Crippen molar-refractivity contribution in [2.75, 3.05) is 24.5 Å². The largest absolute Gasteiger partial charge is 0.372 e. The Morgan fingerprint density at radius 1 is 0.778 bits per heavy atom. The smallest absolute Gasteiger partial charge is 0.309 e. The lowest BCUT2D eigenvalue weighted by atomic mass is 10.1. The van der Waals surface area contributed by atoms with E-state index in [1.54, 1.807) is 0 Å². The van der Waals surface area contributed by atoms with Crippen molar-refractivity contribution in [3.8, 4) is 0 Å². The maximum absolute atomic E-state index is 11.9. The van der Waals surface area contributed by atoms with E-state index in [0.29, 0.717) is 19.5 Å². The molecule has 5 heteroatoms. The molecular formula is C22H27N3O2. The highest BCUT2D eigenvalue weighted by Crippen LogP contribution is 2.20. The van der Waals surface area contributed by atoms with Gasteiger partial charge in [-0.25, -0.2) is 0 Å². The van der Waals surface area contributed by atoms with E-state index >= 15 is 0 Å². The Bertz CT molecular complexity index is 738. The van der Waals surface area contributed by atoms with Crippen molar-refractivity contribution in [3.63, 3.8) is 0 Å². The van der Waals surface area contributed by atoms with Crippen LogP contribution < -0.4 is 15.5 Å². The van der Waals surface area contributed by atoms with Crippen molar-refractivity contribution in [3.05, 3.63) is 65.7 Å². The van der Waals surface area contributed by atoms with E-state index in [1.807, 2.05) is 30.3 Å². The summed E-state index contributed by atoms with van der Waals surface area (Å²) in [6.45, 7) is 3.06. The summed E-state index contributed by atoms with van der Waals surface area (Å²) in [5, 5.41) is 5.32. The Balaban J connectivity index is 1.38. The number of carbonyl (C=O) groups excluding carboxylic acids is 2. The minimum atomic E-state index is -0.598. The van der Waals surface area contributed by atoms with Gasteiger partial charge in [0.2, 0.25) is 0 Å². The molecule has 2 aromatic rings. The van der Waals surface area contributed by atoms with Gasteiger partial charge in [0.25, 0.3) is 0 Å². The molecule has 0 radical (unpaired) electrons. The van der Waals surface area contributed by atoms with Crippen LogP contribution in [0.25, 0.3) is 0 Å². The first-order valence-electron chi connectivity index (χ1n) is 9.66. The lowest BCUT2D eigenvalue weighted by Gasteiger charge is -2.28. The van der Waals surface area contributed by atoms with Gasteiger partial charge in [0.05, 0.1) is 0 Å². The van der Waals surface area contributed by atoms with Gasteiger partial charge in [-0.05, 0) is 48.9 Å². The number of benzene rings is 2. The molecule has 2 amide bonds. The number of piperidine rings is 1. The third-order valence-electron chi connectivity index (χ3n) is 4.86. The lowest BCUT2D eigenvalue weighted by molar-refractivity contribution is -0.139. The van der Waals surface area contributed by atoms with Gasteiger partial charge in [-0.2, -0.15) is 0 Å². The van der Waals surface area contributed by atoms with Crippen molar-refractivity contribution in [2.45, 2.75) is 32.2 Å². The molecule has 0 aromatic heterocycles. The second-order valence-electron chi connectivity index (χ2n) is 6.89. The maximum Gasteiger partial charge on any atom is 0.309 e. The highest BCUT2D eigenvalue weighted by molar-refractivity contribution is 6.35. The second kappa shape index (κ2) is 9.76. The number of nitrogens with one attached hydrogen (secondary N) is 2. The fourth-order valence-corrected chi connectivity index (χ4v) is 3.28. The van der Waals surface area contributed by atoms with E-state index < -0.39 is 11.8 Å². The van der Waals surface area contributed by atoms with Crippen molar-refractivity contribution in [1.29, 1.82) is 0 Å². The molecule has 0 unspecified atom stereocenters. The molecular weight excluding hydrogens is 338 g/mol. The van der Waals surface area contributed by atoms with Crippen molar-refractivity contribution in [2.24, 2.45) is 0 Å². The van der Waals surface area contributed by atoms with E-state index in [1.165, 1.54) is 24.9 Å². The van der Waals surface area contributed by atoms with E-state index in [-0.39, 0.29) is 0 Å². The van der Waals surface area contributed by atoms with E-state index in [0.717, 1.165) is 24.2 Å². The molecule has 0 saturated carbocycles.